The molecule has 2 heteroatoms. The van der Waals surface area contributed by atoms with Crippen LogP contribution < -0.4 is 0 Å². The second kappa shape index (κ2) is 3.95. The highest BCUT2D eigenvalue weighted by Crippen LogP contribution is 2.24. The van der Waals surface area contributed by atoms with Crippen molar-refractivity contribution in [2.24, 2.45) is 0 Å². The number of nitrogens with zero attached hydrogens (tertiary/aromatic N) is 1. The molecule has 2 heterocycles. The Balaban J connectivity index is 1.92. The van der Waals surface area contributed by atoms with Crippen LogP contribution in [0, 0.1) is 0 Å². The summed E-state index contributed by atoms with van der Waals surface area (Å²) in [5, 5.41) is 2.50. The van der Waals surface area contributed by atoms with E-state index in [2.05, 4.69) is 64.6 Å². The Morgan fingerprint density at radius 2 is 1.68 bits per heavy atom. The van der Waals surface area contributed by atoms with Crippen molar-refractivity contribution in [1.29, 1.82) is 0 Å². The Morgan fingerprint density at radius 1 is 0.789 bits per heavy atom. The van der Waals surface area contributed by atoms with Gasteiger partial charge in [0.1, 0.15) is 0 Å². The van der Waals surface area contributed by atoms with Gasteiger partial charge in [0.05, 0.1) is 16.7 Å². The molecular formula is C17H12N2. The van der Waals surface area contributed by atoms with E-state index < -0.39 is 0 Å². The fourth-order valence-electron chi connectivity index (χ4n) is 2.44. The standard InChI is InChI=1S/C17H12N2/c1-2-4-13-11-14(6-5-12(13)3-1)15-7-8-16-17(19-15)9-10-18-16/h1-11,18H. The summed E-state index contributed by atoms with van der Waals surface area (Å²) in [6.45, 7) is 0. The predicted molar refractivity (Wildman–Crippen MR) is 79.0 cm³/mol. The van der Waals surface area contributed by atoms with Gasteiger partial charge in [-0.25, -0.2) is 4.98 Å². The van der Waals surface area contributed by atoms with Crippen LogP contribution in [0.2, 0.25) is 0 Å². The fraction of sp³-hybridized carbons (Fsp3) is 0. The van der Waals surface area contributed by atoms with E-state index in [-0.39, 0.29) is 0 Å². The third-order valence-corrected chi connectivity index (χ3v) is 3.45. The van der Waals surface area contributed by atoms with Crippen molar-refractivity contribution in [3.63, 3.8) is 0 Å². The van der Waals surface area contributed by atoms with Gasteiger partial charge in [-0.05, 0) is 35.0 Å². The quantitative estimate of drug-likeness (QED) is 0.528. The zero-order chi connectivity index (χ0) is 12.7. The van der Waals surface area contributed by atoms with Gasteiger partial charge in [-0.3, -0.25) is 0 Å². The van der Waals surface area contributed by atoms with Crippen molar-refractivity contribution in [2.75, 3.05) is 0 Å². The molecule has 0 saturated carbocycles. The lowest BCUT2D eigenvalue weighted by Crippen LogP contribution is -1.84. The van der Waals surface area contributed by atoms with E-state index in [0.717, 1.165) is 22.3 Å². The number of rotatable bonds is 1. The number of benzene rings is 2. The monoisotopic (exact) mass is 244 g/mol. The molecule has 0 aliphatic heterocycles. The van der Waals surface area contributed by atoms with Gasteiger partial charge < -0.3 is 4.98 Å². The van der Waals surface area contributed by atoms with E-state index in [1.807, 2.05) is 12.3 Å². The number of nitrogens with one attached hydrogen (secondary N) is 1. The maximum Gasteiger partial charge on any atom is 0.0886 e. The van der Waals surface area contributed by atoms with E-state index in [0.29, 0.717) is 0 Å². The van der Waals surface area contributed by atoms with Crippen LogP contribution in [0.3, 0.4) is 0 Å². The third kappa shape index (κ3) is 1.69. The Hall–Kier alpha value is -2.61. The maximum atomic E-state index is 4.68. The highest BCUT2D eigenvalue weighted by Gasteiger charge is 2.03. The third-order valence-electron chi connectivity index (χ3n) is 3.45. The van der Waals surface area contributed by atoms with Crippen LogP contribution in [0.4, 0.5) is 0 Å². The minimum atomic E-state index is 1.01. The Bertz CT molecular complexity index is 874. The lowest BCUT2D eigenvalue weighted by molar-refractivity contribution is 1.40. The minimum Gasteiger partial charge on any atom is -0.360 e. The van der Waals surface area contributed by atoms with Crippen LogP contribution in [0.25, 0.3) is 33.1 Å². The molecule has 0 spiro atoms. The van der Waals surface area contributed by atoms with E-state index in [1.54, 1.807) is 0 Å². The van der Waals surface area contributed by atoms with E-state index >= 15 is 0 Å². The largest absolute Gasteiger partial charge is 0.360 e. The van der Waals surface area contributed by atoms with Gasteiger partial charge in [-0.1, -0.05) is 36.4 Å². The van der Waals surface area contributed by atoms with Gasteiger partial charge >= 0.3 is 0 Å². The van der Waals surface area contributed by atoms with Crippen LogP contribution in [0.5, 0.6) is 0 Å². The molecule has 0 saturated heterocycles. The molecule has 0 fully saturated rings. The maximum absolute atomic E-state index is 4.68. The van der Waals surface area contributed by atoms with Crippen LogP contribution in [-0.2, 0) is 0 Å². The Kier molecular flexibility index (Phi) is 2.15. The highest BCUT2D eigenvalue weighted by atomic mass is 14.8. The summed E-state index contributed by atoms with van der Waals surface area (Å²) in [4.78, 5) is 7.85. The Labute approximate surface area is 110 Å². The van der Waals surface area contributed by atoms with Crippen molar-refractivity contribution in [2.45, 2.75) is 0 Å². The van der Waals surface area contributed by atoms with Crippen molar-refractivity contribution in [3.8, 4) is 11.3 Å². The fourth-order valence-corrected chi connectivity index (χ4v) is 2.44. The van der Waals surface area contributed by atoms with Gasteiger partial charge in [-0.2, -0.15) is 0 Å². The number of hydrogen-bond acceptors (Lipinski definition) is 1. The average Bonchev–Trinajstić information content (AvgIpc) is 2.94. The van der Waals surface area contributed by atoms with Crippen LogP contribution in [-0.4, -0.2) is 9.97 Å². The molecule has 2 aromatic heterocycles. The molecule has 4 aromatic rings. The summed E-state index contributed by atoms with van der Waals surface area (Å²) in [6, 6.07) is 21.0. The normalized spacial score (nSPS) is 11.2. The number of pyridine rings is 1. The summed E-state index contributed by atoms with van der Waals surface area (Å²) in [5.74, 6) is 0. The van der Waals surface area contributed by atoms with Gasteiger partial charge in [0.2, 0.25) is 0 Å². The molecule has 0 atom stereocenters. The van der Waals surface area contributed by atoms with E-state index in [9.17, 15) is 0 Å². The number of aromatic nitrogens is 2. The van der Waals surface area contributed by atoms with Gasteiger partial charge in [-0.15, -0.1) is 0 Å². The number of H-pyrrole nitrogens is 1. The second-order valence-corrected chi connectivity index (χ2v) is 4.67. The smallest absolute Gasteiger partial charge is 0.0886 e. The lowest BCUT2D eigenvalue weighted by atomic mass is 10.0. The molecule has 4 rings (SSSR count). The van der Waals surface area contributed by atoms with Crippen molar-refractivity contribution in [3.05, 3.63) is 66.9 Å². The highest BCUT2D eigenvalue weighted by molar-refractivity contribution is 5.87. The predicted octanol–water partition coefficient (Wildman–Crippen LogP) is 4.38. The summed E-state index contributed by atoms with van der Waals surface area (Å²) >= 11 is 0. The SMILES string of the molecule is c1ccc2cc(-c3ccc4[nH]ccc4n3)ccc2c1. The molecule has 0 unspecified atom stereocenters. The second-order valence-electron chi connectivity index (χ2n) is 4.67. The number of hydrogen-bond donors (Lipinski definition) is 1. The van der Waals surface area contributed by atoms with E-state index in [4.69, 9.17) is 0 Å². The molecule has 90 valence electrons. The summed E-state index contributed by atoms with van der Waals surface area (Å²) in [7, 11) is 0. The molecule has 2 aromatic carbocycles. The summed E-state index contributed by atoms with van der Waals surface area (Å²) in [6.07, 6.45) is 1.92. The molecule has 0 bridgehead atoms. The van der Waals surface area contributed by atoms with Gasteiger partial charge in [0.15, 0.2) is 0 Å². The van der Waals surface area contributed by atoms with Crippen LogP contribution >= 0.6 is 0 Å². The molecule has 0 aliphatic rings. The zero-order valence-corrected chi connectivity index (χ0v) is 10.3. The number of aromatic amines is 1. The molecule has 2 nitrogen and oxygen atoms in total. The van der Waals surface area contributed by atoms with Crippen molar-refractivity contribution < 1.29 is 0 Å². The topological polar surface area (TPSA) is 28.7 Å². The van der Waals surface area contributed by atoms with Crippen molar-refractivity contribution in [1.82, 2.24) is 9.97 Å². The minimum absolute atomic E-state index is 1.01. The Morgan fingerprint density at radius 3 is 2.63 bits per heavy atom. The first-order valence-corrected chi connectivity index (χ1v) is 6.33. The van der Waals surface area contributed by atoms with Crippen LogP contribution in [0.15, 0.2) is 66.9 Å². The van der Waals surface area contributed by atoms with Gasteiger partial charge in [0, 0.05) is 11.8 Å². The first-order valence-electron chi connectivity index (χ1n) is 6.33. The first-order chi connectivity index (χ1) is 9.40. The molecular weight excluding hydrogens is 232 g/mol. The number of fused-ring (bicyclic) bond motifs is 2. The van der Waals surface area contributed by atoms with Gasteiger partial charge in [0.25, 0.3) is 0 Å². The molecule has 0 amide bonds. The summed E-state index contributed by atoms with van der Waals surface area (Å²) < 4.78 is 0. The van der Waals surface area contributed by atoms with E-state index in [1.165, 1.54) is 10.8 Å². The van der Waals surface area contributed by atoms with Crippen molar-refractivity contribution >= 4 is 21.8 Å². The molecule has 0 aliphatic carbocycles. The average molecular weight is 244 g/mol. The zero-order valence-electron chi connectivity index (χ0n) is 10.3. The van der Waals surface area contributed by atoms with Crippen LogP contribution in [0.1, 0.15) is 0 Å². The molecule has 0 radical (unpaired) electrons. The molecule has 19 heavy (non-hydrogen) atoms. The molecule has 1 N–H and O–H groups in total. The lowest BCUT2D eigenvalue weighted by Gasteiger charge is -2.03. The summed E-state index contributed by atoms with van der Waals surface area (Å²) in [5.41, 5.74) is 4.25. The first kappa shape index (κ1) is 10.3.